The van der Waals surface area contributed by atoms with Crippen LogP contribution in [0.5, 0.6) is 5.75 Å². The van der Waals surface area contributed by atoms with Crippen LogP contribution in [-0.2, 0) is 28.8 Å². The Morgan fingerprint density at radius 3 is 2.70 bits per heavy atom. The first kappa shape index (κ1) is 29.2. The predicted molar refractivity (Wildman–Crippen MR) is 144 cm³/mol. The molecule has 4 N–H and O–H groups in total. The Hall–Kier alpha value is -2.37. The molecule has 37 heavy (non-hydrogen) atoms. The van der Waals surface area contributed by atoms with Crippen molar-refractivity contribution < 1.29 is 28.8 Å². The third-order valence-electron chi connectivity index (χ3n) is 5.95. The molecule has 0 bridgehead atoms. The third-order valence-corrected chi connectivity index (χ3v) is 6.96. The second-order valence-corrected chi connectivity index (χ2v) is 11.1. The Kier molecular flexibility index (Phi) is 9.47. The Morgan fingerprint density at radius 2 is 2.08 bits per heavy atom. The summed E-state index contributed by atoms with van der Waals surface area (Å²) in [5.41, 5.74) is 5.12. The van der Waals surface area contributed by atoms with Gasteiger partial charge in [-0.05, 0) is 57.6 Å². The van der Waals surface area contributed by atoms with Gasteiger partial charge in [0.05, 0.1) is 28.9 Å². The lowest BCUT2D eigenvalue weighted by atomic mass is 10.1. The number of aromatic amines is 1. The maximum absolute atomic E-state index is 10.7. The van der Waals surface area contributed by atoms with Crippen LogP contribution >= 0.6 is 31.6 Å². The number of hydrogen-bond donors (Lipinski definition) is 4. The molecule has 0 amide bonds. The van der Waals surface area contributed by atoms with Gasteiger partial charge < -0.3 is 24.4 Å². The molecule has 0 saturated carbocycles. The summed E-state index contributed by atoms with van der Waals surface area (Å²) >= 11 is 11.7. The van der Waals surface area contributed by atoms with Gasteiger partial charge in [-0.1, -0.05) is 23.3 Å². The molecule has 2 aromatic heterocycles. The Balaban J connectivity index is 0.000000214. The van der Waals surface area contributed by atoms with Gasteiger partial charge in [0, 0.05) is 42.5 Å². The topological polar surface area (TPSA) is 141 Å². The van der Waals surface area contributed by atoms with Crippen LogP contribution in [0, 0.1) is 11.7 Å². The van der Waals surface area contributed by atoms with Crippen LogP contribution in [0.15, 0.2) is 30.0 Å². The van der Waals surface area contributed by atoms with E-state index in [1.807, 2.05) is 6.07 Å². The van der Waals surface area contributed by atoms with Crippen LogP contribution in [-0.4, -0.2) is 53.2 Å². The number of pyridine rings is 1. The SMILES string of the molecule is CC(C)=CCN1Cc2cc(Cl)cc3[nH]c(=S)n(c23)C[C@@H]1C.Cc1ncc(COP(=O)(O)O)c(C=O)c1O. The van der Waals surface area contributed by atoms with Gasteiger partial charge in [0.2, 0.25) is 0 Å². The van der Waals surface area contributed by atoms with Gasteiger partial charge in [0.15, 0.2) is 11.1 Å². The molecule has 1 aliphatic heterocycles. The summed E-state index contributed by atoms with van der Waals surface area (Å²) in [5, 5.41) is 10.2. The number of phosphoric ester groups is 1. The smallest absolute Gasteiger partial charge is 0.469 e. The minimum absolute atomic E-state index is 0.0825. The first-order valence-electron chi connectivity index (χ1n) is 11.4. The summed E-state index contributed by atoms with van der Waals surface area (Å²) in [5.74, 6) is -0.318. The molecule has 3 aromatic rings. The molecule has 1 atom stereocenters. The van der Waals surface area contributed by atoms with E-state index in [2.05, 4.69) is 56.9 Å². The largest absolute Gasteiger partial charge is 0.505 e. The molecule has 0 saturated heterocycles. The van der Waals surface area contributed by atoms with Crippen molar-refractivity contribution in [2.75, 3.05) is 6.54 Å². The number of aromatic hydroxyl groups is 1. The number of aldehydes is 1. The molecule has 0 spiro atoms. The number of rotatable bonds is 6. The molecule has 0 unspecified atom stereocenters. The molecule has 1 aliphatic rings. The third kappa shape index (κ3) is 7.36. The van der Waals surface area contributed by atoms with E-state index in [-0.39, 0.29) is 22.6 Å². The van der Waals surface area contributed by atoms with E-state index in [1.165, 1.54) is 29.8 Å². The fraction of sp³-hybridized carbons (Fsp3) is 0.375. The van der Waals surface area contributed by atoms with E-state index in [1.54, 1.807) is 0 Å². The number of carbonyl (C=O) groups excluding carboxylic acids is 1. The van der Waals surface area contributed by atoms with E-state index in [9.17, 15) is 14.5 Å². The number of imidazole rings is 1. The number of H-pyrrole nitrogens is 1. The minimum Gasteiger partial charge on any atom is -0.505 e. The number of benzene rings is 1. The molecule has 0 aliphatic carbocycles. The molecular formula is C24H30ClN4O6PS. The number of hydrogen-bond acceptors (Lipinski definition) is 7. The maximum atomic E-state index is 10.7. The fourth-order valence-corrected chi connectivity index (χ4v) is 4.82. The number of aromatic nitrogens is 3. The standard InChI is InChI=1S/C16H20ClN3S.C8H10NO6P/c1-10(2)4-5-19-9-12-6-13(17)7-14-15(12)20(8-11(19)3)16(21)18-14;1-5-8(11)7(3-10)6(2-9-5)4-15-16(12,13)14/h4,6-7,11H,5,8-9H2,1-3H3,(H,18,21);2-3,11H,4H2,1H3,(H2,12,13,14)/t11-;/m0./s1. The highest BCUT2D eigenvalue weighted by Crippen LogP contribution is 2.37. The summed E-state index contributed by atoms with van der Waals surface area (Å²) in [7, 11) is -4.61. The van der Waals surface area contributed by atoms with Gasteiger partial charge in [-0.3, -0.25) is 19.2 Å². The van der Waals surface area contributed by atoms with Gasteiger partial charge in [-0.2, -0.15) is 0 Å². The fourth-order valence-electron chi connectivity index (χ4n) is 4.00. The van der Waals surface area contributed by atoms with Crippen molar-refractivity contribution in [1.82, 2.24) is 19.4 Å². The Bertz CT molecular complexity index is 1440. The lowest BCUT2D eigenvalue weighted by Gasteiger charge is -2.26. The number of phosphoric acid groups is 1. The van der Waals surface area contributed by atoms with Gasteiger partial charge in [0.25, 0.3) is 0 Å². The van der Waals surface area contributed by atoms with E-state index < -0.39 is 14.4 Å². The zero-order chi connectivity index (χ0) is 27.5. The van der Waals surface area contributed by atoms with Crippen LogP contribution < -0.4 is 0 Å². The Morgan fingerprint density at radius 1 is 1.38 bits per heavy atom. The molecule has 13 heteroatoms. The molecular weight excluding hydrogens is 539 g/mol. The second-order valence-electron chi connectivity index (χ2n) is 9.07. The lowest BCUT2D eigenvalue weighted by Crippen LogP contribution is -2.34. The first-order valence-corrected chi connectivity index (χ1v) is 13.7. The van der Waals surface area contributed by atoms with Crippen molar-refractivity contribution in [3.8, 4) is 5.75 Å². The number of aryl methyl sites for hydroxylation is 1. The van der Waals surface area contributed by atoms with Gasteiger partial charge in [-0.15, -0.1) is 0 Å². The number of allylic oxidation sites excluding steroid dienone is 1. The van der Waals surface area contributed by atoms with Crippen LogP contribution in [0.3, 0.4) is 0 Å². The second kappa shape index (κ2) is 12.0. The lowest BCUT2D eigenvalue weighted by molar-refractivity contribution is 0.111. The molecule has 0 fully saturated rings. The zero-order valence-corrected chi connectivity index (χ0v) is 23.4. The number of nitrogens with zero attached hydrogens (tertiary/aromatic N) is 3. The Labute approximate surface area is 224 Å². The van der Waals surface area contributed by atoms with Crippen molar-refractivity contribution in [1.29, 1.82) is 0 Å². The highest BCUT2D eigenvalue weighted by Gasteiger charge is 2.23. The van der Waals surface area contributed by atoms with Crippen molar-refractivity contribution >= 4 is 49.0 Å². The van der Waals surface area contributed by atoms with Crippen molar-refractivity contribution in [2.24, 2.45) is 0 Å². The van der Waals surface area contributed by atoms with Crippen molar-refractivity contribution in [3.05, 3.63) is 62.2 Å². The monoisotopic (exact) mass is 568 g/mol. The minimum atomic E-state index is -4.61. The number of nitrogens with one attached hydrogen (secondary N) is 1. The van der Waals surface area contributed by atoms with Crippen LogP contribution in [0.4, 0.5) is 0 Å². The summed E-state index contributed by atoms with van der Waals surface area (Å²) in [4.78, 5) is 37.1. The highest BCUT2D eigenvalue weighted by atomic mass is 35.5. The van der Waals surface area contributed by atoms with Crippen LogP contribution in [0.25, 0.3) is 11.0 Å². The predicted octanol–water partition coefficient (Wildman–Crippen LogP) is 5.04. The van der Waals surface area contributed by atoms with Gasteiger partial charge in [0.1, 0.15) is 5.75 Å². The number of carbonyl (C=O) groups is 1. The summed E-state index contributed by atoms with van der Waals surface area (Å²) < 4.78 is 17.7. The van der Waals surface area contributed by atoms with E-state index >= 15 is 0 Å². The quantitative estimate of drug-likeness (QED) is 0.139. The molecule has 3 heterocycles. The van der Waals surface area contributed by atoms with Crippen LogP contribution in [0.2, 0.25) is 5.02 Å². The first-order chi connectivity index (χ1) is 17.3. The average Bonchev–Trinajstić information content (AvgIpc) is 3.02. The number of halogens is 1. The normalized spacial score (nSPS) is 15.6. The van der Waals surface area contributed by atoms with E-state index in [0.29, 0.717) is 12.3 Å². The summed E-state index contributed by atoms with van der Waals surface area (Å²) in [6, 6.07) is 4.46. The molecule has 10 nitrogen and oxygen atoms in total. The van der Waals surface area contributed by atoms with Gasteiger partial charge >= 0.3 is 7.82 Å². The van der Waals surface area contributed by atoms with E-state index in [0.717, 1.165) is 34.9 Å². The summed E-state index contributed by atoms with van der Waals surface area (Å²) in [6.45, 7) is 10.3. The van der Waals surface area contributed by atoms with Crippen molar-refractivity contribution in [2.45, 2.75) is 53.4 Å². The van der Waals surface area contributed by atoms with Crippen molar-refractivity contribution in [3.63, 3.8) is 0 Å². The van der Waals surface area contributed by atoms with E-state index in [4.69, 9.17) is 33.6 Å². The van der Waals surface area contributed by atoms with Gasteiger partial charge in [-0.25, -0.2) is 4.57 Å². The average molecular weight is 569 g/mol. The molecule has 1 aromatic carbocycles. The molecule has 0 radical (unpaired) electrons. The highest BCUT2D eigenvalue weighted by molar-refractivity contribution is 7.71. The maximum Gasteiger partial charge on any atom is 0.469 e. The summed E-state index contributed by atoms with van der Waals surface area (Å²) in [6.07, 6.45) is 3.87. The van der Waals surface area contributed by atoms with Crippen LogP contribution in [0.1, 0.15) is 48.0 Å². The molecule has 4 rings (SSSR count). The zero-order valence-electron chi connectivity index (χ0n) is 20.9. The molecule has 200 valence electrons.